The predicted octanol–water partition coefficient (Wildman–Crippen LogP) is 2.09. The number of rotatable bonds is 2. The number of nitrogens with two attached hydrogens (primary N) is 1. The van der Waals surface area contributed by atoms with E-state index in [1.54, 1.807) is 0 Å². The van der Waals surface area contributed by atoms with Gasteiger partial charge in [-0.1, -0.05) is 19.3 Å². The van der Waals surface area contributed by atoms with Gasteiger partial charge in [-0.2, -0.15) is 0 Å². The maximum atomic E-state index is 12.3. The molecule has 1 amide bonds. The Morgan fingerprint density at radius 1 is 1.26 bits per heavy atom. The van der Waals surface area contributed by atoms with Crippen LogP contribution in [0.15, 0.2) is 12.1 Å². The molecule has 2 atom stereocenters. The van der Waals surface area contributed by atoms with E-state index in [-0.39, 0.29) is 18.0 Å². The van der Waals surface area contributed by atoms with Crippen molar-refractivity contribution in [3.8, 4) is 0 Å². The number of carbonyl (C=O) groups excluding carboxylic acids is 1. The summed E-state index contributed by atoms with van der Waals surface area (Å²) in [6.45, 7) is 3.80. The third-order valence-electron chi connectivity index (χ3n) is 3.86. The predicted molar refractivity (Wildman–Crippen MR) is 76.0 cm³/mol. The smallest absolute Gasteiger partial charge is 0.253 e. The number of nitrogens with zero attached hydrogens (tertiary/aromatic N) is 1. The second kappa shape index (κ2) is 6.15. The molecule has 1 fully saturated rings. The van der Waals surface area contributed by atoms with Crippen molar-refractivity contribution < 1.29 is 4.79 Å². The first kappa shape index (κ1) is 14.0. The van der Waals surface area contributed by atoms with Crippen LogP contribution in [0.2, 0.25) is 0 Å². The van der Waals surface area contributed by atoms with Crippen molar-refractivity contribution in [1.82, 2.24) is 10.3 Å². The van der Waals surface area contributed by atoms with Crippen LogP contribution in [-0.4, -0.2) is 23.0 Å². The molecule has 0 radical (unpaired) electrons. The highest BCUT2D eigenvalue weighted by atomic mass is 16.1. The normalized spacial score (nSPS) is 23.7. The molecule has 3 N–H and O–H groups in total. The van der Waals surface area contributed by atoms with E-state index in [0.717, 1.165) is 30.7 Å². The van der Waals surface area contributed by atoms with Crippen molar-refractivity contribution in [2.75, 3.05) is 0 Å². The standard InChI is InChI=1S/C15H23N3O/c1-10-8-9-12(11(2)17-10)15(19)18-14-7-5-3-4-6-13(14)16/h8-9,13-14H,3-7,16H2,1-2H3,(H,18,19). The van der Waals surface area contributed by atoms with Gasteiger partial charge in [0.2, 0.25) is 0 Å². The minimum absolute atomic E-state index is 0.0487. The highest BCUT2D eigenvalue weighted by Gasteiger charge is 2.23. The fourth-order valence-corrected chi connectivity index (χ4v) is 2.69. The molecule has 1 aliphatic rings. The van der Waals surface area contributed by atoms with E-state index in [0.29, 0.717) is 5.56 Å². The van der Waals surface area contributed by atoms with Crippen LogP contribution in [0.5, 0.6) is 0 Å². The lowest BCUT2D eigenvalue weighted by Gasteiger charge is -2.23. The van der Waals surface area contributed by atoms with Crippen molar-refractivity contribution in [1.29, 1.82) is 0 Å². The average Bonchev–Trinajstić information content (AvgIpc) is 2.55. The number of hydrogen-bond acceptors (Lipinski definition) is 3. The van der Waals surface area contributed by atoms with Gasteiger partial charge in [-0.25, -0.2) is 0 Å². The maximum Gasteiger partial charge on any atom is 0.253 e. The Bertz CT molecular complexity index is 459. The van der Waals surface area contributed by atoms with E-state index >= 15 is 0 Å². The zero-order valence-corrected chi connectivity index (χ0v) is 11.8. The number of nitrogens with one attached hydrogen (secondary N) is 1. The van der Waals surface area contributed by atoms with E-state index in [2.05, 4.69) is 10.3 Å². The minimum atomic E-state index is -0.0487. The Kier molecular flexibility index (Phi) is 4.53. The number of aromatic nitrogens is 1. The number of carbonyl (C=O) groups is 1. The summed E-state index contributed by atoms with van der Waals surface area (Å²) in [5.74, 6) is -0.0487. The first-order chi connectivity index (χ1) is 9.08. The Balaban J connectivity index is 2.07. The molecule has 104 valence electrons. The van der Waals surface area contributed by atoms with Gasteiger partial charge in [-0.3, -0.25) is 9.78 Å². The van der Waals surface area contributed by atoms with Crippen molar-refractivity contribution in [3.63, 3.8) is 0 Å². The molecule has 0 saturated heterocycles. The van der Waals surface area contributed by atoms with Gasteiger partial charge in [0.15, 0.2) is 0 Å². The number of amides is 1. The molecule has 0 bridgehead atoms. The van der Waals surface area contributed by atoms with Crippen LogP contribution in [0.4, 0.5) is 0 Å². The topological polar surface area (TPSA) is 68.0 Å². The number of pyridine rings is 1. The fraction of sp³-hybridized carbons (Fsp3) is 0.600. The van der Waals surface area contributed by atoms with Crippen LogP contribution < -0.4 is 11.1 Å². The van der Waals surface area contributed by atoms with Gasteiger partial charge in [-0.05, 0) is 38.8 Å². The largest absolute Gasteiger partial charge is 0.348 e. The SMILES string of the molecule is Cc1ccc(C(=O)NC2CCCCCC2N)c(C)n1. The van der Waals surface area contributed by atoms with Crippen LogP contribution in [0.3, 0.4) is 0 Å². The Hall–Kier alpha value is -1.42. The molecule has 1 saturated carbocycles. The molecule has 0 aliphatic heterocycles. The molecule has 0 spiro atoms. The minimum Gasteiger partial charge on any atom is -0.348 e. The quantitative estimate of drug-likeness (QED) is 0.801. The summed E-state index contributed by atoms with van der Waals surface area (Å²) < 4.78 is 0. The second-order valence-corrected chi connectivity index (χ2v) is 5.47. The molecule has 1 aromatic heterocycles. The van der Waals surface area contributed by atoms with Gasteiger partial charge in [0, 0.05) is 17.8 Å². The summed E-state index contributed by atoms with van der Waals surface area (Å²) in [5, 5.41) is 3.08. The summed E-state index contributed by atoms with van der Waals surface area (Å²) >= 11 is 0. The molecular weight excluding hydrogens is 238 g/mol. The molecule has 1 aliphatic carbocycles. The van der Waals surface area contributed by atoms with Crippen LogP contribution in [-0.2, 0) is 0 Å². The molecule has 1 heterocycles. The van der Waals surface area contributed by atoms with Gasteiger partial charge in [0.1, 0.15) is 0 Å². The lowest BCUT2D eigenvalue weighted by Crippen LogP contribution is -2.47. The van der Waals surface area contributed by atoms with Gasteiger partial charge >= 0.3 is 0 Å². The Labute approximate surface area is 114 Å². The van der Waals surface area contributed by atoms with E-state index < -0.39 is 0 Å². The molecule has 4 heteroatoms. The average molecular weight is 261 g/mol. The highest BCUT2D eigenvalue weighted by molar-refractivity contribution is 5.95. The third kappa shape index (κ3) is 3.53. The zero-order chi connectivity index (χ0) is 13.8. The van der Waals surface area contributed by atoms with Gasteiger partial charge in [0.25, 0.3) is 5.91 Å². The molecule has 0 aromatic carbocycles. The lowest BCUT2D eigenvalue weighted by atomic mass is 10.0. The Morgan fingerprint density at radius 3 is 2.74 bits per heavy atom. The van der Waals surface area contributed by atoms with Crippen molar-refractivity contribution in [2.24, 2.45) is 5.73 Å². The molecule has 19 heavy (non-hydrogen) atoms. The monoisotopic (exact) mass is 261 g/mol. The van der Waals surface area contributed by atoms with Crippen molar-refractivity contribution in [3.05, 3.63) is 29.1 Å². The van der Waals surface area contributed by atoms with Gasteiger partial charge < -0.3 is 11.1 Å². The van der Waals surface area contributed by atoms with Crippen LogP contribution >= 0.6 is 0 Å². The Morgan fingerprint density at radius 2 is 2.00 bits per heavy atom. The lowest BCUT2D eigenvalue weighted by molar-refractivity contribution is 0.0927. The van der Waals surface area contributed by atoms with Crippen molar-refractivity contribution in [2.45, 2.75) is 58.0 Å². The zero-order valence-electron chi connectivity index (χ0n) is 11.8. The first-order valence-corrected chi connectivity index (χ1v) is 7.08. The number of aryl methyl sites for hydroxylation is 2. The van der Waals surface area contributed by atoms with E-state index in [1.807, 2.05) is 26.0 Å². The van der Waals surface area contributed by atoms with Gasteiger partial charge in [-0.15, -0.1) is 0 Å². The summed E-state index contributed by atoms with van der Waals surface area (Å²) in [6, 6.07) is 3.88. The van der Waals surface area contributed by atoms with Gasteiger partial charge in [0.05, 0.1) is 11.3 Å². The van der Waals surface area contributed by atoms with Crippen LogP contribution in [0.1, 0.15) is 53.8 Å². The van der Waals surface area contributed by atoms with E-state index in [9.17, 15) is 4.79 Å². The van der Waals surface area contributed by atoms with Crippen molar-refractivity contribution >= 4 is 5.91 Å². The number of hydrogen-bond donors (Lipinski definition) is 2. The summed E-state index contributed by atoms with van der Waals surface area (Å²) in [4.78, 5) is 16.6. The molecular formula is C15H23N3O. The fourth-order valence-electron chi connectivity index (χ4n) is 2.69. The van der Waals surface area contributed by atoms with E-state index in [4.69, 9.17) is 5.73 Å². The second-order valence-electron chi connectivity index (χ2n) is 5.47. The van der Waals surface area contributed by atoms with E-state index in [1.165, 1.54) is 12.8 Å². The molecule has 4 nitrogen and oxygen atoms in total. The van der Waals surface area contributed by atoms with Crippen LogP contribution in [0, 0.1) is 13.8 Å². The molecule has 1 aromatic rings. The highest BCUT2D eigenvalue weighted by Crippen LogP contribution is 2.17. The first-order valence-electron chi connectivity index (χ1n) is 7.08. The summed E-state index contributed by atoms with van der Waals surface area (Å²) in [6.07, 6.45) is 5.49. The summed E-state index contributed by atoms with van der Waals surface area (Å²) in [5.41, 5.74) is 8.50. The third-order valence-corrected chi connectivity index (χ3v) is 3.86. The molecule has 2 unspecified atom stereocenters. The molecule has 2 rings (SSSR count). The van der Waals surface area contributed by atoms with Crippen LogP contribution in [0.25, 0.3) is 0 Å². The summed E-state index contributed by atoms with van der Waals surface area (Å²) in [7, 11) is 0. The maximum absolute atomic E-state index is 12.3.